The zero-order chi connectivity index (χ0) is 19.7. The van der Waals surface area contributed by atoms with Crippen LogP contribution in [0.1, 0.15) is 30.2 Å². The van der Waals surface area contributed by atoms with Crippen molar-refractivity contribution >= 4 is 26.6 Å². The van der Waals surface area contributed by atoms with Crippen LogP contribution < -0.4 is 9.50 Å². The molecular weight excluding hydrogens is 372 g/mol. The summed E-state index contributed by atoms with van der Waals surface area (Å²) in [4.78, 5) is 3.57. The van der Waals surface area contributed by atoms with Crippen molar-refractivity contribution in [1.29, 1.82) is 0 Å². The third-order valence-corrected chi connectivity index (χ3v) is 6.37. The molecule has 0 bridgehead atoms. The Hall–Kier alpha value is -2.57. The molecule has 0 radical (unpaired) electrons. The van der Waals surface area contributed by atoms with Crippen molar-refractivity contribution in [2.24, 2.45) is 0 Å². The van der Waals surface area contributed by atoms with Crippen LogP contribution >= 0.6 is 0 Å². The maximum Gasteiger partial charge on any atom is 0.339 e. The SMILES string of the molecule is CCc1cccc2[nH]c(C3=CCNCC3)c(OS(=O)(=O)c3ccc(C)cc3)c12. The number of aromatic nitrogens is 1. The van der Waals surface area contributed by atoms with Crippen molar-refractivity contribution in [1.82, 2.24) is 10.3 Å². The summed E-state index contributed by atoms with van der Waals surface area (Å²) in [6.07, 6.45) is 3.69. The second-order valence-electron chi connectivity index (χ2n) is 7.06. The Bertz CT molecular complexity index is 1140. The lowest BCUT2D eigenvalue weighted by Crippen LogP contribution is -2.20. The summed E-state index contributed by atoms with van der Waals surface area (Å²) >= 11 is 0. The molecule has 0 atom stereocenters. The molecule has 5 nitrogen and oxygen atoms in total. The predicted octanol–water partition coefficient (Wildman–Crippen LogP) is 4.18. The fourth-order valence-corrected chi connectivity index (χ4v) is 4.56. The lowest BCUT2D eigenvalue weighted by molar-refractivity contribution is 0.487. The first-order chi connectivity index (χ1) is 13.5. The quantitative estimate of drug-likeness (QED) is 0.635. The minimum atomic E-state index is -3.94. The Morgan fingerprint density at radius 2 is 1.89 bits per heavy atom. The van der Waals surface area contributed by atoms with E-state index in [0.29, 0.717) is 5.75 Å². The van der Waals surface area contributed by atoms with Gasteiger partial charge in [0, 0.05) is 11.9 Å². The van der Waals surface area contributed by atoms with Gasteiger partial charge in [0.05, 0.1) is 11.2 Å². The van der Waals surface area contributed by atoms with Crippen molar-refractivity contribution in [3.63, 3.8) is 0 Å². The lowest BCUT2D eigenvalue weighted by Gasteiger charge is -2.15. The Morgan fingerprint density at radius 1 is 1.11 bits per heavy atom. The smallest absolute Gasteiger partial charge is 0.339 e. The molecule has 4 rings (SSSR count). The molecule has 28 heavy (non-hydrogen) atoms. The second-order valence-corrected chi connectivity index (χ2v) is 8.60. The van der Waals surface area contributed by atoms with Gasteiger partial charge in [-0.1, -0.05) is 42.8 Å². The van der Waals surface area contributed by atoms with Crippen LogP contribution in [0.15, 0.2) is 53.4 Å². The van der Waals surface area contributed by atoms with Gasteiger partial charge in [0.15, 0.2) is 5.75 Å². The molecule has 2 aromatic carbocycles. The zero-order valence-electron chi connectivity index (χ0n) is 16.1. The van der Waals surface area contributed by atoms with E-state index in [9.17, 15) is 8.42 Å². The topological polar surface area (TPSA) is 71.2 Å². The summed E-state index contributed by atoms with van der Waals surface area (Å²) in [6.45, 7) is 5.59. The highest BCUT2D eigenvalue weighted by Crippen LogP contribution is 2.39. The number of hydrogen-bond donors (Lipinski definition) is 2. The first-order valence-corrected chi connectivity index (χ1v) is 11.0. The number of H-pyrrole nitrogens is 1. The molecule has 1 aliphatic heterocycles. The van der Waals surface area contributed by atoms with E-state index in [4.69, 9.17) is 4.18 Å². The van der Waals surface area contributed by atoms with Gasteiger partial charge in [-0.25, -0.2) is 0 Å². The van der Waals surface area contributed by atoms with Gasteiger partial charge in [-0.2, -0.15) is 8.42 Å². The molecule has 1 aliphatic rings. The van der Waals surface area contributed by atoms with Crippen LogP contribution in [-0.2, 0) is 16.5 Å². The molecule has 0 fully saturated rings. The monoisotopic (exact) mass is 396 g/mol. The molecule has 3 aromatic rings. The summed E-state index contributed by atoms with van der Waals surface area (Å²) in [5.41, 5.74) is 4.78. The summed E-state index contributed by atoms with van der Waals surface area (Å²) in [7, 11) is -3.94. The van der Waals surface area contributed by atoms with Crippen LogP contribution in [0, 0.1) is 6.92 Å². The van der Waals surface area contributed by atoms with Crippen LogP contribution in [-0.4, -0.2) is 26.5 Å². The molecule has 0 saturated carbocycles. The van der Waals surface area contributed by atoms with Crippen molar-refractivity contribution in [3.8, 4) is 5.75 Å². The molecule has 2 N–H and O–H groups in total. The molecule has 0 spiro atoms. The largest absolute Gasteiger partial charge is 0.376 e. The normalized spacial score (nSPS) is 14.9. The van der Waals surface area contributed by atoms with Crippen LogP contribution in [0.4, 0.5) is 0 Å². The van der Waals surface area contributed by atoms with E-state index in [-0.39, 0.29) is 4.90 Å². The third-order valence-electron chi connectivity index (χ3n) is 5.13. The number of aryl methyl sites for hydroxylation is 2. The average molecular weight is 397 g/mol. The number of aromatic amines is 1. The van der Waals surface area contributed by atoms with E-state index in [2.05, 4.69) is 23.3 Å². The van der Waals surface area contributed by atoms with E-state index < -0.39 is 10.1 Å². The van der Waals surface area contributed by atoms with E-state index in [1.54, 1.807) is 24.3 Å². The van der Waals surface area contributed by atoms with Gasteiger partial charge < -0.3 is 14.5 Å². The number of benzene rings is 2. The standard InChI is InChI=1S/C22H24N2O3S/c1-3-16-5-4-6-19-20(16)22(21(24-19)17-11-13-23-14-12-17)27-28(25,26)18-9-7-15(2)8-10-18/h4-11,23-24H,3,12-14H2,1-2H3. The highest BCUT2D eigenvalue weighted by molar-refractivity contribution is 7.87. The Morgan fingerprint density at radius 3 is 2.57 bits per heavy atom. The predicted molar refractivity (Wildman–Crippen MR) is 112 cm³/mol. The van der Waals surface area contributed by atoms with E-state index in [0.717, 1.165) is 59.2 Å². The fraction of sp³-hybridized carbons (Fsp3) is 0.273. The number of nitrogens with one attached hydrogen (secondary N) is 2. The highest BCUT2D eigenvalue weighted by atomic mass is 32.2. The summed E-state index contributed by atoms with van der Waals surface area (Å²) < 4.78 is 31.8. The lowest BCUT2D eigenvalue weighted by atomic mass is 10.0. The fourth-order valence-electron chi connectivity index (χ4n) is 3.61. The van der Waals surface area contributed by atoms with Crippen molar-refractivity contribution in [2.45, 2.75) is 31.6 Å². The molecule has 6 heteroatoms. The minimum absolute atomic E-state index is 0.159. The zero-order valence-corrected chi connectivity index (χ0v) is 16.9. The average Bonchev–Trinajstić information content (AvgIpc) is 3.07. The van der Waals surface area contributed by atoms with Gasteiger partial charge in [0.2, 0.25) is 0 Å². The summed E-state index contributed by atoms with van der Waals surface area (Å²) in [5.74, 6) is 0.404. The molecule has 146 valence electrons. The van der Waals surface area contributed by atoms with Crippen molar-refractivity contribution in [3.05, 3.63) is 65.4 Å². The van der Waals surface area contributed by atoms with Crippen LogP contribution in [0.25, 0.3) is 16.5 Å². The van der Waals surface area contributed by atoms with Gasteiger partial charge in [-0.15, -0.1) is 0 Å². The first kappa shape index (κ1) is 18.8. The molecular formula is C22H24N2O3S. The minimum Gasteiger partial charge on any atom is -0.376 e. The maximum atomic E-state index is 13.0. The Balaban J connectivity index is 1.88. The third kappa shape index (κ3) is 3.45. The Labute approximate surface area is 165 Å². The van der Waals surface area contributed by atoms with Gasteiger partial charge in [0.1, 0.15) is 4.90 Å². The van der Waals surface area contributed by atoms with Crippen molar-refractivity contribution in [2.75, 3.05) is 13.1 Å². The van der Waals surface area contributed by atoms with Gasteiger partial charge in [0.25, 0.3) is 0 Å². The van der Waals surface area contributed by atoms with E-state index in [1.165, 1.54) is 0 Å². The maximum absolute atomic E-state index is 13.0. The molecule has 0 aliphatic carbocycles. The number of fused-ring (bicyclic) bond motifs is 1. The second kappa shape index (κ2) is 7.45. The van der Waals surface area contributed by atoms with E-state index in [1.807, 2.05) is 25.1 Å². The Kier molecular flexibility index (Phi) is 5.00. The number of hydrogen-bond acceptors (Lipinski definition) is 4. The van der Waals surface area contributed by atoms with Gasteiger partial charge >= 0.3 is 10.1 Å². The van der Waals surface area contributed by atoms with Gasteiger partial charge in [-0.05, 0) is 55.6 Å². The molecule has 0 saturated heterocycles. The molecule has 2 heterocycles. The van der Waals surface area contributed by atoms with Crippen LogP contribution in [0.5, 0.6) is 5.75 Å². The molecule has 0 amide bonds. The van der Waals surface area contributed by atoms with Gasteiger partial charge in [-0.3, -0.25) is 0 Å². The number of rotatable bonds is 5. The highest BCUT2D eigenvalue weighted by Gasteiger charge is 2.25. The summed E-state index contributed by atoms with van der Waals surface area (Å²) in [5, 5.41) is 4.13. The first-order valence-electron chi connectivity index (χ1n) is 9.54. The molecule has 0 unspecified atom stereocenters. The van der Waals surface area contributed by atoms with Crippen LogP contribution in [0.3, 0.4) is 0 Å². The molecule has 1 aromatic heterocycles. The summed E-state index contributed by atoms with van der Waals surface area (Å²) in [6, 6.07) is 12.7. The van der Waals surface area contributed by atoms with E-state index >= 15 is 0 Å². The van der Waals surface area contributed by atoms with Crippen molar-refractivity contribution < 1.29 is 12.6 Å². The van der Waals surface area contributed by atoms with Crippen LogP contribution in [0.2, 0.25) is 0 Å².